The Morgan fingerprint density at radius 3 is 1.35 bits per heavy atom. The maximum absolute atomic E-state index is 6.46. The van der Waals surface area contributed by atoms with Gasteiger partial charge < -0.3 is 19.3 Å². The predicted molar refractivity (Wildman–Crippen MR) is 333 cm³/mol. The lowest BCUT2D eigenvalue weighted by atomic mass is 9.33. The fourth-order valence-electron chi connectivity index (χ4n) is 12.0. The summed E-state index contributed by atoms with van der Waals surface area (Å²) in [6.45, 7) is 30.8. The SMILES string of the molecule is Cc1cc2c3c(c1)N(c1cc4c(cc1-c1ccccc1)OCCO4)c1ccc(C(C)(C)C)cc1B3c1ccc(-c3ccc(C(C)(C)C)cc3)cc1N2c1cc(-c2ccc(C(C)(C)C)cc2)cc(-c2ccc(C(C)(C)C)cc2)c1. The Morgan fingerprint density at radius 1 is 0.346 bits per heavy atom. The standard InChI is InChI=1S/C73H73BN2O2/c1-46-37-65-69-66(38-46)76(63-45-68-67(77-35-36-78-68)44-59(63)50-17-15-14-16-18-50)62-34-32-57(73(11,12)13)43-61(62)74(69)60-33-25-51(47-19-26-54(27-20-47)70(2,3)4)42-64(60)75(65)58-40-52(48-21-28-55(29-22-48)71(5,6)7)39-53(41-58)49-23-30-56(31-24-49)72(8,9)10/h14-34,37-45H,35-36H2,1-13H3. The lowest BCUT2D eigenvalue weighted by Crippen LogP contribution is -2.61. The summed E-state index contributed by atoms with van der Waals surface area (Å²) in [5, 5.41) is 0. The van der Waals surface area contributed by atoms with E-state index < -0.39 is 0 Å². The second-order valence-electron chi connectivity index (χ2n) is 26.2. The van der Waals surface area contributed by atoms with Crippen molar-refractivity contribution in [2.75, 3.05) is 23.0 Å². The first-order valence-electron chi connectivity index (χ1n) is 28.1. The van der Waals surface area contributed by atoms with Gasteiger partial charge in [-0.05, 0) is 160 Å². The average molecular weight is 1020 g/mol. The van der Waals surface area contributed by atoms with E-state index in [2.05, 4.69) is 282 Å². The van der Waals surface area contributed by atoms with Crippen LogP contribution in [0.1, 0.15) is 111 Å². The van der Waals surface area contributed by atoms with Crippen molar-refractivity contribution in [3.8, 4) is 56.0 Å². The molecule has 390 valence electrons. The summed E-state index contributed by atoms with van der Waals surface area (Å²) >= 11 is 0. The Labute approximate surface area is 464 Å². The van der Waals surface area contributed by atoms with Crippen LogP contribution in [0.4, 0.5) is 34.1 Å². The number of hydrogen-bond acceptors (Lipinski definition) is 4. The molecule has 9 aromatic rings. The summed E-state index contributed by atoms with van der Waals surface area (Å²) < 4.78 is 12.8. The van der Waals surface area contributed by atoms with E-state index in [1.54, 1.807) is 0 Å². The van der Waals surface area contributed by atoms with Gasteiger partial charge in [0, 0.05) is 40.1 Å². The minimum atomic E-state index is -0.0952. The number of anilines is 6. The van der Waals surface area contributed by atoms with Gasteiger partial charge in [0.25, 0.3) is 6.71 Å². The number of hydrogen-bond donors (Lipinski definition) is 0. The van der Waals surface area contributed by atoms with Gasteiger partial charge in [0.2, 0.25) is 0 Å². The third-order valence-corrected chi connectivity index (χ3v) is 16.5. The van der Waals surface area contributed by atoms with Crippen molar-refractivity contribution in [2.45, 2.75) is 112 Å². The van der Waals surface area contributed by atoms with Crippen LogP contribution in [0.2, 0.25) is 0 Å². The molecule has 0 amide bonds. The molecule has 12 rings (SSSR count). The highest BCUT2D eigenvalue weighted by molar-refractivity contribution is 7.00. The molecule has 9 aromatic carbocycles. The molecule has 0 atom stereocenters. The first-order valence-corrected chi connectivity index (χ1v) is 28.1. The zero-order chi connectivity index (χ0) is 54.6. The molecule has 3 aliphatic rings. The van der Waals surface area contributed by atoms with Crippen LogP contribution in [0.3, 0.4) is 0 Å². The topological polar surface area (TPSA) is 24.9 Å². The molecule has 0 aliphatic carbocycles. The van der Waals surface area contributed by atoms with Gasteiger partial charge in [0.05, 0.1) is 5.69 Å². The molecular formula is C73H73BN2O2. The van der Waals surface area contributed by atoms with Gasteiger partial charge in [-0.3, -0.25) is 0 Å². The molecular weight excluding hydrogens is 948 g/mol. The van der Waals surface area contributed by atoms with Crippen LogP contribution in [0, 0.1) is 6.92 Å². The fraction of sp³-hybridized carbons (Fsp3) is 0.260. The second-order valence-corrected chi connectivity index (χ2v) is 26.2. The molecule has 78 heavy (non-hydrogen) atoms. The Kier molecular flexibility index (Phi) is 12.2. The molecule has 0 fully saturated rings. The van der Waals surface area contributed by atoms with Crippen molar-refractivity contribution in [3.63, 3.8) is 0 Å². The van der Waals surface area contributed by atoms with E-state index in [4.69, 9.17) is 9.47 Å². The highest BCUT2D eigenvalue weighted by Gasteiger charge is 2.45. The molecule has 0 N–H and O–H groups in total. The minimum absolute atomic E-state index is 0.0331. The minimum Gasteiger partial charge on any atom is -0.486 e. The average Bonchev–Trinajstić information content (AvgIpc) is 3.11. The normalized spacial score (nSPS) is 14.0. The summed E-state index contributed by atoms with van der Waals surface area (Å²) in [5.74, 6) is 1.53. The molecule has 0 aromatic heterocycles. The van der Waals surface area contributed by atoms with Crippen LogP contribution in [-0.4, -0.2) is 19.9 Å². The van der Waals surface area contributed by atoms with Crippen molar-refractivity contribution < 1.29 is 9.47 Å². The highest BCUT2D eigenvalue weighted by atomic mass is 16.6. The van der Waals surface area contributed by atoms with Gasteiger partial charge in [-0.2, -0.15) is 0 Å². The number of nitrogens with zero attached hydrogens (tertiary/aromatic N) is 2. The first-order chi connectivity index (χ1) is 37.1. The Bertz CT molecular complexity index is 3700. The molecule has 3 heterocycles. The molecule has 0 saturated heterocycles. The van der Waals surface area contributed by atoms with Crippen molar-refractivity contribution in [3.05, 3.63) is 210 Å². The van der Waals surface area contributed by atoms with Gasteiger partial charge in [-0.25, -0.2) is 0 Å². The molecule has 5 heteroatoms. The molecule has 0 spiro atoms. The van der Waals surface area contributed by atoms with Crippen molar-refractivity contribution in [2.24, 2.45) is 0 Å². The summed E-state index contributed by atoms with van der Waals surface area (Å²) in [7, 11) is 0. The van der Waals surface area contributed by atoms with E-state index in [1.165, 1.54) is 89.0 Å². The van der Waals surface area contributed by atoms with Crippen molar-refractivity contribution in [1.29, 1.82) is 0 Å². The van der Waals surface area contributed by atoms with Crippen molar-refractivity contribution >= 4 is 57.2 Å². The number of aryl methyl sites for hydroxylation is 1. The Balaban J connectivity index is 1.16. The molecule has 0 bridgehead atoms. The summed E-state index contributed by atoms with van der Waals surface area (Å²) in [4.78, 5) is 5.14. The molecule has 0 radical (unpaired) electrons. The van der Waals surface area contributed by atoms with Gasteiger partial charge >= 0.3 is 0 Å². The van der Waals surface area contributed by atoms with E-state index in [0.717, 1.165) is 45.4 Å². The number of benzene rings is 9. The van der Waals surface area contributed by atoms with Crippen LogP contribution in [-0.2, 0) is 21.7 Å². The zero-order valence-corrected chi connectivity index (χ0v) is 48.0. The number of ether oxygens (including phenoxy) is 2. The molecule has 4 nitrogen and oxygen atoms in total. The maximum atomic E-state index is 6.46. The van der Waals surface area contributed by atoms with E-state index >= 15 is 0 Å². The third-order valence-electron chi connectivity index (χ3n) is 16.5. The zero-order valence-electron chi connectivity index (χ0n) is 48.0. The predicted octanol–water partition coefficient (Wildman–Crippen LogP) is 17.7. The summed E-state index contributed by atoms with van der Waals surface area (Å²) in [5.41, 5.74) is 26.4. The quantitative estimate of drug-likeness (QED) is 0.155. The lowest BCUT2D eigenvalue weighted by Gasteiger charge is -2.45. The largest absolute Gasteiger partial charge is 0.486 e. The summed E-state index contributed by atoms with van der Waals surface area (Å²) in [6, 6.07) is 69.6. The van der Waals surface area contributed by atoms with Crippen LogP contribution in [0.25, 0.3) is 44.5 Å². The Hall–Kier alpha value is -7.76. The van der Waals surface area contributed by atoms with Gasteiger partial charge in [0.15, 0.2) is 11.5 Å². The van der Waals surface area contributed by atoms with Gasteiger partial charge in [-0.1, -0.05) is 210 Å². The van der Waals surface area contributed by atoms with E-state index in [0.29, 0.717) is 13.2 Å². The number of fused-ring (bicyclic) bond motifs is 5. The molecule has 0 saturated carbocycles. The number of rotatable bonds is 6. The maximum Gasteiger partial charge on any atom is 0.252 e. The van der Waals surface area contributed by atoms with Crippen LogP contribution >= 0.6 is 0 Å². The van der Waals surface area contributed by atoms with Gasteiger partial charge in [-0.15, -0.1) is 0 Å². The second kappa shape index (κ2) is 18.7. The first kappa shape index (κ1) is 51.0. The van der Waals surface area contributed by atoms with Gasteiger partial charge in [0.1, 0.15) is 13.2 Å². The third kappa shape index (κ3) is 9.19. The molecule has 0 unspecified atom stereocenters. The van der Waals surface area contributed by atoms with Crippen molar-refractivity contribution in [1.82, 2.24) is 0 Å². The van der Waals surface area contributed by atoms with Crippen LogP contribution < -0.4 is 35.7 Å². The summed E-state index contributed by atoms with van der Waals surface area (Å²) in [6.07, 6.45) is 0. The van der Waals surface area contributed by atoms with Crippen LogP contribution in [0.15, 0.2) is 182 Å². The van der Waals surface area contributed by atoms with Crippen LogP contribution in [0.5, 0.6) is 11.5 Å². The van der Waals surface area contributed by atoms with E-state index in [1.807, 2.05) is 0 Å². The monoisotopic (exact) mass is 1020 g/mol. The van der Waals surface area contributed by atoms with E-state index in [9.17, 15) is 0 Å². The lowest BCUT2D eigenvalue weighted by molar-refractivity contribution is 0.172. The highest BCUT2D eigenvalue weighted by Crippen LogP contribution is 2.51. The molecule has 3 aliphatic heterocycles. The Morgan fingerprint density at radius 2 is 0.821 bits per heavy atom. The smallest absolute Gasteiger partial charge is 0.252 e. The fourth-order valence-corrected chi connectivity index (χ4v) is 12.0. The van der Waals surface area contributed by atoms with E-state index in [-0.39, 0.29) is 28.4 Å².